The maximum absolute atomic E-state index is 12.2. The van der Waals surface area contributed by atoms with E-state index in [1.807, 2.05) is 32.0 Å². The number of methoxy groups -OCH3 is 1. The second kappa shape index (κ2) is 6.21. The van der Waals surface area contributed by atoms with Crippen LogP contribution in [0.3, 0.4) is 0 Å². The molecule has 0 aliphatic rings. The quantitative estimate of drug-likeness (QED) is 0.870. The van der Waals surface area contributed by atoms with Gasteiger partial charge in [-0.2, -0.15) is 5.10 Å². The van der Waals surface area contributed by atoms with Crippen LogP contribution in [0, 0.1) is 0 Å². The van der Waals surface area contributed by atoms with Crippen molar-refractivity contribution >= 4 is 11.9 Å². The Morgan fingerprint density at radius 2 is 1.90 bits per heavy atom. The molecule has 0 spiro atoms. The second-order valence-corrected chi connectivity index (χ2v) is 4.78. The Balaban J connectivity index is 2.49. The van der Waals surface area contributed by atoms with Gasteiger partial charge >= 0.3 is 5.97 Å². The summed E-state index contributed by atoms with van der Waals surface area (Å²) >= 11 is 0. The van der Waals surface area contributed by atoms with Crippen LogP contribution in [-0.4, -0.2) is 34.8 Å². The topological polar surface area (TPSA) is 73.2 Å². The predicted molar refractivity (Wildman–Crippen MR) is 77.5 cm³/mol. The number of nitrogens with one attached hydrogen (secondary N) is 1. The average Bonchev–Trinajstić information content (AvgIpc) is 2.92. The molecule has 21 heavy (non-hydrogen) atoms. The molecule has 110 valence electrons. The van der Waals surface area contributed by atoms with E-state index in [-0.39, 0.29) is 23.3 Å². The van der Waals surface area contributed by atoms with E-state index in [9.17, 15) is 9.59 Å². The van der Waals surface area contributed by atoms with Gasteiger partial charge in [0, 0.05) is 12.1 Å². The number of carbonyl (C=O) groups excluding carboxylic acids is 2. The van der Waals surface area contributed by atoms with E-state index in [1.54, 1.807) is 12.1 Å². The molecule has 0 radical (unpaired) electrons. The molecule has 2 aromatic rings. The molecule has 6 nitrogen and oxygen atoms in total. The number of esters is 1. The molecule has 0 unspecified atom stereocenters. The minimum atomic E-state index is -0.580. The van der Waals surface area contributed by atoms with Crippen LogP contribution >= 0.6 is 0 Å². The summed E-state index contributed by atoms with van der Waals surface area (Å²) in [7, 11) is 1.28. The zero-order valence-electron chi connectivity index (χ0n) is 12.2. The lowest BCUT2D eigenvalue weighted by Crippen LogP contribution is -2.31. The number of nitrogens with zero attached hydrogens (tertiary/aromatic N) is 2. The zero-order valence-corrected chi connectivity index (χ0v) is 12.2. The lowest BCUT2D eigenvalue weighted by Gasteiger charge is -2.10. The van der Waals surface area contributed by atoms with Crippen LogP contribution in [0.2, 0.25) is 0 Å². The van der Waals surface area contributed by atoms with Crippen molar-refractivity contribution in [2.45, 2.75) is 19.9 Å². The van der Waals surface area contributed by atoms with Gasteiger partial charge < -0.3 is 10.1 Å². The molecule has 0 aliphatic carbocycles. The summed E-state index contributed by atoms with van der Waals surface area (Å²) < 4.78 is 6.09. The van der Waals surface area contributed by atoms with Gasteiger partial charge in [-0.1, -0.05) is 18.2 Å². The first kappa shape index (κ1) is 14.8. The lowest BCUT2D eigenvalue weighted by atomic mass is 10.3. The van der Waals surface area contributed by atoms with Crippen molar-refractivity contribution < 1.29 is 14.3 Å². The second-order valence-electron chi connectivity index (χ2n) is 4.78. The summed E-state index contributed by atoms with van der Waals surface area (Å²) in [6, 6.07) is 10.6. The Bertz CT molecular complexity index is 647. The maximum atomic E-state index is 12.2. The van der Waals surface area contributed by atoms with Gasteiger partial charge in [-0.15, -0.1) is 0 Å². The molecule has 0 bridgehead atoms. The van der Waals surface area contributed by atoms with Crippen LogP contribution in [0.25, 0.3) is 5.69 Å². The van der Waals surface area contributed by atoms with Gasteiger partial charge in [-0.3, -0.25) is 4.79 Å². The van der Waals surface area contributed by atoms with Crippen LogP contribution in [-0.2, 0) is 4.74 Å². The Morgan fingerprint density at radius 3 is 2.48 bits per heavy atom. The number of aromatic nitrogens is 2. The number of carbonyl (C=O) groups is 2. The van der Waals surface area contributed by atoms with Gasteiger partial charge in [0.25, 0.3) is 5.91 Å². The van der Waals surface area contributed by atoms with Crippen LogP contribution in [0.15, 0.2) is 36.4 Å². The normalized spacial score (nSPS) is 10.5. The van der Waals surface area contributed by atoms with E-state index in [1.165, 1.54) is 17.9 Å². The Hall–Kier alpha value is -2.63. The molecule has 0 saturated heterocycles. The van der Waals surface area contributed by atoms with Crippen molar-refractivity contribution in [1.82, 2.24) is 15.1 Å². The van der Waals surface area contributed by atoms with Gasteiger partial charge in [-0.05, 0) is 26.0 Å². The number of ether oxygens (including phenoxy) is 1. The van der Waals surface area contributed by atoms with E-state index in [0.717, 1.165) is 0 Å². The first-order valence-corrected chi connectivity index (χ1v) is 6.57. The standard InChI is InChI=1S/C15H17N3O3/c1-10(2)16-14(19)13-9-12(15(20)21-3)17-18(13)11-7-5-4-6-8-11/h4-10H,1-3H3,(H,16,19). The Morgan fingerprint density at radius 1 is 1.24 bits per heavy atom. The smallest absolute Gasteiger partial charge is 0.358 e. The molecule has 0 aliphatic heterocycles. The van der Waals surface area contributed by atoms with Crippen molar-refractivity contribution in [3.05, 3.63) is 47.8 Å². The van der Waals surface area contributed by atoms with Crippen molar-refractivity contribution in [2.75, 3.05) is 7.11 Å². The van der Waals surface area contributed by atoms with E-state index >= 15 is 0 Å². The molecule has 1 N–H and O–H groups in total. The molecule has 0 fully saturated rings. The van der Waals surface area contributed by atoms with Crippen molar-refractivity contribution in [1.29, 1.82) is 0 Å². The van der Waals surface area contributed by atoms with Gasteiger partial charge in [0.1, 0.15) is 5.69 Å². The minimum Gasteiger partial charge on any atom is -0.464 e. The summed E-state index contributed by atoms with van der Waals surface area (Å²) in [4.78, 5) is 23.9. The van der Waals surface area contributed by atoms with E-state index in [4.69, 9.17) is 0 Å². The fourth-order valence-corrected chi connectivity index (χ4v) is 1.85. The van der Waals surface area contributed by atoms with Crippen LogP contribution in [0.4, 0.5) is 0 Å². The van der Waals surface area contributed by atoms with Crippen LogP contribution in [0.5, 0.6) is 0 Å². The predicted octanol–water partition coefficient (Wildman–Crippen LogP) is 1.80. The minimum absolute atomic E-state index is 0.0156. The lowest BCUT2D eigenvalue weighted by molar-refractivity contribution is 0.0593. The fraction of sp³-hybridized carbons (Fsp3) is 0.267. The van der Waals surface area contributed by atoms with Crippen molar-refractivity contribution in [2.24, 2.45) is 0 Å². The number of hydrogen-bond donors (Lipinski definition) is 1. The highest BCUT2D eigenvalue weighted by molar-refractivity contribution is 5.96. The Labute approximate surface area is 122 Å². The van der Waals surface area contributed by atoms with Gasteiger partial charge in [0.2, 0.25) is 0 Å². The molecule has 1 aromatic heterocycles. The number of benzene rings is 1. The van der Waals surface area contributed by atoms with E-state index in [0.29, 0.717) is 5.69 Å². The highest BCUT2D eigenvalue weighted by atomic mass is 16.5. The molecule has 1 amide bonds. The maximum Gasteiger partial charge on any atom is 0.358 e. The highest BCUT2D eigenvalue weighted by Crippen LogP contribution is 2.13. The van der Waals surface area contributed by atoms with E-state index in [2.05, 4.69) is 15.2 Å². The van der Waals surface area contributed by atoms with Crippen LogP contribution < -0.4 is 5.32 Å². The molecular weight excluding hydrogens is 270 g/mol. The first-order chi connectivity index (χ1) is 10.0. The molecular formula is C15H17N3O3. The number of hydrogen-bond acceptors (Lipinski definition) is 4. The highest BCUT2D eigenvalue weighted by Gasteiger charge is 2.20. The third kappa shape index (κ3) is 3.28. The van der Waals surface area contributed by atoms with Gasteiger partial charge in [0.05, 0.1) is 12.8 Å². The Kier molecular flexibility index (Phi) is 4.37. The largest absolute Gasteiger partial charge is 0.464 e. The molecule has 6 heteroatoms. The summed E-state index contributed by atoms with van der Waals surface area (Å²) in [5, 5.41) is 6.95. The summed E-state index contributed by atoms with van der Waals surface area (Å²) in [6.45, 7) is 3.73. The molecule has 1 aromatic carbocycles. The zero-order chi connectivity index (χ0) is 15.4. The number of para-hydroxylation sites is 1. The third-order valence-electron chi connectivity index (χ3n) is 2.76. The molecule has 0 saturated carbocycles. The van der Waals surface area contributed by atoms with Crippen molar-refractivity contribution in [3.63, 3.8) is 0 Å². The molecule has 2 rings (SSSR count). The van der Waals surface area contributed by atoms with Crippen LogP contribution in [0.1, 0.15) is 34.8 Å². The molecule has 1 heterocycles. The molecule has 0 atom stereocenters. The summed E-state index contributed by atoms with van der Waals surface area (Å²) in [5.74, 6) is -0.875. The third-order valence-corrected chi connectivity index (χ3v) is 2.76. The van der Waals surface area contributed by atoms with Gasteiger partial charge in [-0.25, -0.2) is 9.48 Å². The number of amides is 1. The summed E-state index contributed by atoms with van der Waals surface area (Å²) in [6.07, 6.45) is 0. The average molecular weight is 287 g/mol. The van der Waals surface area contributed by atoms with Crippen molar-refractivity contribution in [3.8, 4) is 5.69 Å². The SMILES string of the molecule is COC(=O)c1cc(C(=O)NC(C)C)n(-c2ccccc2)n1. The fourth-order valence-electron chi connectivity index (χ4n) is 1.85. The van der Waals surface area contributed by atoms with E-state index < -0.39 is 5.97 Å². The first-order valence-electron chi connectivity index (χ1n) is 6.57. The monoisotopic (exact) mass is 287 g/mol. The summed E-state index contributed by atoms with van der Waals surface area (Å²) in [5.41, 5.74) is 1.08. The van der Waals surface area contributed by atoms with Gasteiger partial charge in [0.15, 0.2) is 5.69 Å². The number of rotatable bonds is 4.